The monoisotopic (exact) mass is 1050 g/mol. The molecule has 0 aliphatic heterocycles. The molecule has 0 unspecified atom stereocenters. The Labute approximate surface area is 341 Å². The van der Waals surface area contributed by atoms with Crippen LogP contribution in [0.1, 0.15) is 39.2 Å². The molecule has 246 valence electrons. The molecule has 2 aromatic heterocycles. The number of aromatic nitrogens is 2. The fourth-order valence-corrected chi connectivity index (χ4v) is 5.13. The predicted octanol–water partition coefficient (Wildman–Crippen LogP) is -3.43. The van der Waals surface area contributed by atoms with Crippen molar-refractivity contribution < 1.29 is 114 Å². The van der Waals surface area contributed by atoms with Crippen LogP contribution in [0.5, 0.6) is 5.75 Å². The van der Waals surface area contributed by atoms with Gasteiger partial charge in [-0.05, 0) is 134 Å². The normalized spacial score (nSPS) is 10.0. The summed E-state index contributed by atoms with van der Waals surface area (Å²) in [5, 5.41) is 11.2. The van der Waals surface area contributed by atoms with Gasteiger partial charge in [-0.25, -0.2) is 0 Å². The Kier molecular flexibility index (Phi) is 21.6. The van der Waals surface area contributed by atoms with Gasteiger partial charge in [-0.1, -0.05) is 18.2 Å². The maximum absolute atomic E-state index is 11.2. The molecular formula is C35H32Br4N4OPd2. The Balaban J connectivity index is 0. The number of rotatable bonds is 6. The van der Waals surface area contributed by atoms with E-state index < -0.39 is 0 Å². The van der Waals surface area contributed by atoms with Crippen LogP contribution in [-0.4, -0.2) is 27.5 Å². The van der Waals surface area contributed by atoms with Gasteiger partial charge >= 0.3 is 40.8 Å². The minimum absolute atomic E-state index is 0. The molecule has 46 heavy (non-hydrogen) atoms. The second-order valence-electron chi connectivity index (χ2n) is 10.1. The van der Waals surface area contributed by atoms with E-state index in [1.165, 1.54) is 0 Å². The molecule has 0 aliphatic rings. The van der Waals surface area contributed by atoms with E-state index in [-0.39, 0.29) is 115 Å². The summed E-state index contributed by atoms with van der Waals surface area (Å²) in [6, 6.07) is 23.8. The number of nitrogens with zero attached hydrogens (tertiary/aromatic N) is 4. The first-order valence-corrected chi connectivity index (χ1v) is 13.3. The average molecular weight is 1060 g/mol. The molecule has 5 rings (SSSR count). The topological polar surface area (TPSA) is 70.7 Å². The number of hydrogen-bond acceptors (Lipinski definition) is 5. The van der Waals surface area contributed by atoms with E-state index in [4.69, 9.17) is 9.98 Å². The molecule has 0 spiro atoms. The Morgan fingerprint density at radius 1 is 0.522 bits per heavy atom. The smallest absolute Gasteiger partial charge is 1.00 e. The van der Waals surface area contributed by atoms with Crippen LogP contribution in [0.25, 0.3) is 22.3 Å². The number of aliphatic imine (C=N–C) groups is 2. The van der Waals surface area contributed by atoms with Crippen molar-refractivity contribution >= 4 is 23.8 Å². The fraction of sp³-hybridized carbons (Fsp3) is 0.143. The van der Waals surface area contributed by atoms with Gasteiger partial charge in [0.1, 0.15) is 5.75 Å². The van der Waals surface area contributed by atoms with Crippen molar-refractivity contribution in [2.24, 2.45) is 9.98 Å². The summed E-state index contributed by atoms with van der Waals surface area (Å²) >= 11 is 0. The van der Waals surface area contributed by atoms with E-state index in [1.807, 2.05) is 42.5 Å². The van der Waals surface area contributed by atoms with Crippen LogP contribution in [0.2, 0.25) is 0 Å². The number of halogens is 4. The maximum atomic E-state index is 11.2. The second kappa shape index (κ2) is 21.3. The zero-order valence-corrected chi connectivity index (χ0v) is 35.1. The quantitative estimate of drug-likeness (QED) is 0.143. The van der Waals surface area contributed by atoms with Crippen molar-refractivity contribution in [1.29, 1.82) is 0 Å². The van der Waals surface area contributed by atoms with Crippen molar-refractivity contribution in [3.05, 3.63) is 124 Å². The summed E-state index contributed by atoms with van der Waals surface area (Å²) in [5.74, 6) is 0.247. The third-order valence-corrected chi connectivity index (χ3v) is 6.98. The molecule has 5 nitrogen and oxygen atoms in total. The summed E-state index contributed by atoms with van der Waals surface area (Å²) in [6.07, 6.45) is 7.10. The van der Waals surface area contributed by atoms with E-state index in [0.29, 0.717) is 0 Å². The zero-order valence-electron chi connectivity index (χ0n) is 25.6. The van der Waals surface area contributed by atoms with E-state index in [1.54, 1.807) is 30.9 Å². The zero-order chi connectivity index (χ0) is 28.2. The van der Waals surface area contributed by atoms with Crippen molar-refractivity contribution in [3.8, 4) is 28.0 Å². The first-order valence-electron chi connectivity index (χ1n) is 13.3. The standard InChI is InChI=1S/C35H32N4O.4BrH.2Pd/c1-22-12-13-31(40)33(28-18-25(4)35(26(5)19-28)39-21-30-11-7-9-15-37-30)32(22)27-16-23(2)34(24(3)17-27)38-20-29-10-6-8-14-36-29;;;;;;/h6-21,40H,1-5H3;4*1H;;/q;;;;;2*+2/p-4/b38-20+,39-21+;;;;;;. The Morgan fingerprint density at radius 3 is 1.28 bits per heavy atom. The third kappa shape index (κ3) is 10.9. The van der Waals surface area contributed by atoms with Crippen LogP contribution < -0.4 is 67.9 Å². The molecule has 1 N–H and O–H groups in total. The van der Waals surface area contributed by atoms with Crippen molar-refractivity contribution in [1.82, 2.24) is 9.97 Å². The molecule has 0 saturated heterocycles. The molecule has 5 aromatic rings. The molecule has 0 amide bonds. The molecule has 0 aliphatic carbocycles. The van der Waals surface area contributed by atoms with Gasteiger partial charge in [-0.15, -0.1) is 0 Å². The molecule has 0 radical (unpaired) electrons. The van der Waals surface area contributed by atoms with Crippen LogP contribution in [0.3, 0.4) is 0 Å². The van der Waals surface area contributed by atoms with Crippen LogP contribution in [-0.2, 0) is 40.8 Å². The molecule has 11 heteroatoms. The number of hydrogen-bond donors (Lipinski definition) is 1. The van der Waals surface area contributed by atoms with E-state index in [2.05, 4.69) is 68.9 Å². The average Bonchev–Trinajstić information content (AvgIpc) is 2.94. The molecule has 3 aromatic carbocycles. The number of aryl methyl sites for hydroxylation is 5. The van der Waals surface area contributed by atoms with Crippen LogP contribution in [0, 0.1) is 34.6 Å². The number of pyridine rings is 2. The van der Waals surface area contributed by atoms with E-state index >= 15 is 0 Å². The number of benzene rings is 3. The van der Waals surface area contributed by atoms with E-state index in [9.17, 15) is 5.11 Å². The van der Waals surface area contributed by atoms with Gasteiger partial charge in [-0.3, -0.25) is 20.0 Å². The molecule has 0 saturated carbocycles. The third-order valence-electron chi connectivity index (χ3n) is 6.98. The Morgan fingerprint density at radius 2 is 0.913 bits per heavy atom. The second-order valence-corrected chi connectivity index (χ2v) is 10.1. The van der Waals surface area contributed by atoms with Gasteiger partial charge in [0.05, 0.1) is 35.2 Å². The van der Waals surface area contributed by atoms with Crippen molar-refractivity contribution in [2.45, 2.75) is 34.6 Å². The summed E-state index contributed by atoms with van der Waals surface area (Å²) in [4.78, 5) is 18.2. The molecule has 0 fully saturated rings. The first-order chi connectivity index (χ1) is 19.3. The van der Waals surface area contributed by atoms with Crippen LogP contribution >= 0.6 is 0 Å². The number of aromatic hydroxyl groups is 1. The number of phenols is 1. The fourth-order valence-electron chi connectivity index (χ4n) is 5.13. The van der Waals surface area contributed by atoms with Crippen LogP contribution in [0.4, 0.5) is 11.4 Å². The minimum atomic E-state index is 0. The summed E-state index contributed by atoms with van der Waals surface area (Å²) in [7, 11) is 0. The molecule has 0 atom stereocenters. The Hall–Kier alpha value is -1.66. The minimum Gasteiger partial charge on any atom is -1.00 e. The SMILES string of the molecule is Cc1cc(-c2c(C)ccc(O)c2-c2cc(C)c(/N=C/c3ccccn3)c(C)c2)cc(C)c1/N=C/c1ccccn1.[Br-].[Br-].[Br-].[Br-].[Pd+2].[Pd+2]. The summed E-state index contributed by atoms with van der Waals surface area (Å²) in [5.41, 5.74) is 12.5. The summed E-state index contributed by atoms with van der Waals surface area (Å²) in [6.45, 7) is 10.3. The van der Waals surface area contributed by atoms with Crippen molar-refractivity contribution in [3.63, 3.8) is 0 Å². The van der Waals surface area contributed by atoms with Gasteiger partial charge in [0.25, 0.3) is 0 Å². The molecule has 0 bridgehead atoms. The maximum Gasteiger partial charge on any atom is 2.00 e. The van der Waals surface area contributed by atoms with Crippen LogP contribution in [0.15, 0.2) is 95.2 Å². The van der Waals surface area contributed by atoms with Gasteiger partial charge in [-0.2, -0.15) is 0 Å². The predicted molar refractivity (Wildman–Crippen MR) is 166 cm³/mol. The molecule has 2 heterocycles. The van der Waals surface area contributed by atoms with Gasteiger partial charge in [0, 0.05) is 18.0 Å². The largest absolute Gasteiger partial charge is 2.00 e. The van der Waals surface area contributed by atoms with Gasteiger partial charge in [0.2, 0.25) is 0 Å². The molecular weight excluding hydrogens is 1020 g/mol. The van der Waals surface area contributed by atoms with Gasteiger partial charge < -0.3 is 73.0 Å². The van der Waals surface area contributed by atoms with E-state index in [0.717, 1.165) is 72.8 Å². The Bertz CT molecular complexity index is 1590. The van der Waals surface area contributed by atoms with Gasteiger partial charge in [0.15, 0.2) is 0 Å². The van der Waals surface area contributed by atoms with Crippen molar-refractivity contribution in [2.75, 3.05) is 0 Å². The summed E-state index contributed by atoms with van der Waals surface area (Å²) < 4.78 is 0. The first kappa shape index (κ1) is 46.5. The number of phenolic OH excluding ortho intramolecular Hbond substituents is 1.